The van der Waals surface area contributed by atoms with E-state index in [9.17, 15) is 5.11 Å². The van der Waals surface area contributed by atoms with Gasteiger partial charge in [0, 0.05) is 43.7 Å². The second-order valence-electron chi connectivity index (χ2n) is 5.48. The largest absolute Gasteiger partial charge is 0.389 e. The van der Waals surface area contributed by atoms with Gasteiger partial charge in [-0.25, -0.2) is 4.98 Å². The predicted molar refractivity (Wildman–Crippen MR) is 82.2 cm³/mol. The quantitative estimate of drug-likeness (QED) is 0.877. The SMILES string of the molecule is Cn1cnc2c1CCN(C[C@H](O)COCc1cccs1)C2. The Balaban J connectivity index is 1.42. The summed E-state index contributed by atoms with van der Waals surface area (Å²) in [7, 11) is 2.04. The molecule has 2 aromatic rings. The lowest BCUT2D eigenvalue weighted by Crippen LogP contribution is -2.38. The molecule has 0 fully saturated rings. The summed E-state index contributed by atoms with van der Waals surface area (Å²) in [6.07, 6.45) is 2.42. The minimum Gasteiger partial charge on any atom is -0.389 e. The fraction of sp³-hybridized carbons (Fsp3) is 0.533. The van der Waals surface area contributed by atoms with Crippen molar-refractivity contribution in [1.29, 1.82) is 0 Å². The van der Waals surface area contributed by atoms with Gasteiger partial charge in [0.05, 0.1) is 31.3 Å². The molecule has 3 heterocycles. The normalized spacial score (nSPS) is 16.9. The van der Waals surface area contributed by atoms with Crippen molar-refractivity contribution in [3.63, 3.8) is 0 Å². The number of aryl methyl sites for hydroxylation is 1. The predicted octanol–water partition coefficient (Wildman–Crippen LogP) is 1.42. The van der Waals surface area contributed by atoms with Crippen LogP contribution in [0.5, 0.6) is 0 Å². The standard InChI is InChI=1S/C15H21N3O2S/c1-17-11-16-14-8-18(5-4-15(14)17)7-12(19)9-20-10-13-3-2-6-21-13/h2-3,6,11-12,19H,4-5,7-10H2,1H3/t12-/m0/s1. The average molecular weight is 307 g/mol. The van der Waals surface area contributed by atoms with Gasteiger partial charge < -0.3 is 14.4 Å². The maximum Gasteiger partial charge on any atom is 0.0949 e. The van der Waals surface area contributed by atoms with Crippen LogP contribution in [0.2, 0.25) is 0 Å². The highest BCUT2D eigenvalue weighted by atomic mass is 32.1. The Labute approximate surface area is 128 Å². The molecule has 2 aromatic heterocycles. The highest BCUT2D eigenvalue weighted by molar-refractivity contribution is 7.09. The van der Waals surface area contributed by atoms with E-state index < -0.39 is 6.10 Å². The maximum atomic E-state index is 10.1. The Hall–Kier alpha value is -1.21. The molecule has 0 unspecified atom stereocenters. The number of hydrogen-bond donors (Lipinski definition) is 1. The van der Waals surface area contributed by atoms with Gasteiger partial charge in [0.1, 0.15) is 0 Å². The third-order valence-electron chi connectivity index (χ3n) is 3.79. The first-order valence-electron chi connectivity index (χ1n) is 7.22. The Bertz CT molecular complexity index is 567. The lowest BCUT2D eigenvalue weighted by atomic mass is 10.1. The lowest BCUT2D eigenvalue weighted by Gasteiger charge is -2.28. The maximum absolute atomic E-state index is 10.1. The minimum absolute atomic E-state index is 0.378. The van der Waals surface area contributed by atoms with Crippen LogP contribution in [0.15, 0.2) is 23.8 Å². The second kappa shape index (κ2) is 6.70. The van der Waals surface area contributed by atoms with Gasteiger partial charge in [-0.2, -0.15) is 0 Å². The van der Waals surface area contributed by atoms with E-state index in [0.29, 0.717) is 19.8 Å². The van der Waals surface area contributed by atoms with Crippen molar-refractivity contribution in [2.24, 2.45) is 7.05 Å². The Kier molecular flexibility index (Phi) is 4.70. The van der Waals surface area contributed by atoms with Gasteiger partial charge in [-0.3, -0.25) is 4.90 Å². The van der Waals surface area contributed by atoms with E-state index in [4.69, 9.17) is 4.74 Å². The molecule has 0 radical (unpaired) electrons. The molecule has 0 saturated heterocycles. The van der Waals surface area contributed by atoms with Crippen LogP contribution in [0.3, 0.4) is 0 Å². The molecule has 5 nitrogen and oxygen atoms in total. The molecule has 0 bridgehead atoms. The molecule has 21 heavy (non-hydrogen) atoms. The number of β-amino-alcohol motifs (C(OH)–C–C–N with tert-alkyl or cyclic N) is 1. The summed E-state index contributed by atoms with van der Waals surface area (Å²) in [6, 6.07) is 4.06. The van der Waals surface area contributed by atoms with Crippen molar-refractivity contribution in [3.05, 3.63) is 40.1 Å². The second-order valence-corrected chi connectivity index (χ2v) is 6.51. The van der Waals surface area contributed by atoms with E-state index in [1.54, 1.807) is 11.3 Å². The first-order chi connectivity index (χ1) is 10.2. The van der Waals surface area contributed by atoms with Crippen molar-refractivity contribution < 1.29 is 9.84 Å². The van der Waals surface area contributed by atoms with Crippen molar-refractivity contribution >= 4 is 11.3 Å². The van der Waals surface area contributed by atoms with Crippen LogP contribution in [-0.4, -0.2) is 45.4 Å². The van der Waals surface area contributed by atoms with Crippen LogP contribution >= 0.6 is 11.3 Å². The summed E-state index contributed by atoms with van der Waals surface area (Å²) >= 11 is 1.68. The minimum atomic E-state index is -0.449. The molecular formula is C15H21N3O2S. The average Bonchev–Trinajstić information content (AvgIpc) is 3.09. The number of hydrogen-bond acceptors (Lipinski definition) is 5. The number of nitrogens with zero attached hydrogens (tertiary/aromatic N) is 3. The Morgan fingerprint density at radius 3 is 3.24 bits per heavy atom. The summed E-state index contributed by atoms with van der Waals surface area (Å²) in [4.78, 5) is 7.86. The molecule has 0 saturated carbocycles. The van der Waals surface area contributed by atoms with Crippen molar-refractivity contribution in [2.45, 2.75) is 25.7 Å². The highest BCUT2D eigenvalue weighted by Gasteiger charge is 2.21. The van der Waals surface area contributed by atoms with Crippen LogP contribution < -0.4 is 0 Å². The number of fused-ring (bicyclic) bond motifs is 1. The molecule has 6 heteroatoms. The summed E-state index contributed by atoms with van der Waals surface area (Å²) in [6.45, 7) is 3.38. The van der Waals surface area contributed by atoms with Crippen LogP contribution in [0.4, 0.5) is 0 Å². The monoisotopic (exact) mass is 307 g/mol. The highest BCUT2D eigenvalue weighted by Crippen LogP contribution is 2.17. The van der Waals surface area contributed by atoms with Gasteiger partial charge in [-0.05, 0) is 11.4 Å². The van der Waals surface area contributed by atoms with E-state index in [0.717, 1.165) is 25.2 Å². The van der Waals surface area contributed by atoms with Gasteiger partial charge in [-0.15, -0.1) is 11.3 Å². The number of imidazole rings is 1. The molecule has 0 spiro atoms. The number of rotatable bonds is 6. The van der Waals surface area contributed by atoms with Crippen LogP contribution in [0.25, 0.3) is 0 Å². The summed E-state index contributed by atoms with van der Waals surface area (Å²) < 4.78 is 7.66. The molecule has 3 rings (SSSR count). The summed E-state index contributed by atoms with van der Waals surface area (Å²) in [5, 5.41) is 12.1. The molecule has 0 amide bonds. The van der Waals surface area contributed by atoms with Crippen LogP contribution in [0.1, 0.15) is 16.3 Å². The smallest absolute Gasteiger partial charge is 0.0949 e. The molecule has 0 aromatic carbocycles. The molecule has 1 aliphatic rings. The first-order valence-corrected chi connectivity index (χ1v) is 8.10. The van der Waals surface area contributed by atoms with Gasteiger partial charge in [0.15, 0.2) is 0 Å². The number of aliphatic hydroxyl groups excluding tert-OH is 1. The molecule has 1 aliphatic heterocycles. The topological polar surface area (TPSA) is 50.5 Å². The molecule has 114 valence electrons. The van der Waals surface area contributed by atoms with Crippen molar-refractivity contribution in [2.75, 3.05) is 19.7 Å². The van der Waals surface area contributed by atoms with E-state index in [-0.39, 0.29) is 0 Å². The Morgan fingerprint density at radius 1 is 1.52 bits per heavy atom. The third kappa shape index (κ3) is 3.71. The van der Waals surface area contributed by atoms with Gasteiger partial charge in [0.2, 0.25) is 0 Å². The zero-order chi connectivity index (χ0) is 14.7. The fourth-order valence-corrected chi connectivity index (χ4v) is 3.35. The van der Waals surface area contributed by atoms with Crippen LogP contribution in [-0.2, 0) is 31.4 Å². The van der Waals surface area contributed by atoms with E-state index in [1.165, 1.54) is 10.6 Å². The van der Waals surface area contributed by atoms with Gasteiger partial charge in [-0.1, -0.05) is 6.07 Å². The van der Waals surface area contributed by atoms with E-state index in [2.05, 4.69) is 14.5 Å². The molecule has 0 aliphatic carbocycles. The number of thiophene rings is 1. The van der Waals surface area contributed by atoms with Crippen molar-refractivity contribution in [3.8, 4) is 0 Å². The number of ether oxygens (including phenoxy) is 1. The first kappa shape index (κ1) is 14.7. The third-order valence-corrected chi connectivity index (χ3v) is 4.64. The van der Waals surface area contributed by atoms with Gasteiger partial charge >= 0.3 is 0 Å². The summed E-state index contributed by atoms with van der Waals surface area (Å²) in [5.41, 5.74) is 2.45. The van der Waals surface area contributed by atoms with E-state index >= 15 is 0 Å². The Morgan fingerprint density at radius 2 is 2.43 bits per heavy atom. The lowest BCUT2D eigenvalue weighted by molar-refractivity contribution is 0.00820. The number of aromatic nitrogens is 2. The summed E-state index contributed by atoms with van der Waals surface area (Å²) in [5.74, 6) is 0. The number of aliphatic hydroxyl groups is 1. The van der Waals surface area contributed by atoms with Crippen molar-refractivity contribution in [1.82, 2.24) is 14.5 Å². The molecular weight excluding hydrogens is 286 g/mol. The fourth-order valence-electron chi connectivity index (χ4n) is 2.71. The van der Waals surface area contributed by atoms with Crippen LogP contribution in [0, 0.1) is 0 Å². The zero-order valence-electron chi connectivity index (χ0n) is 12.2. The van der Waals surface area contributed by atoms with E-state index in [1.807, 2.05) is 30.9 Å². The molecule has 1 atom stereocenters. The molecule has 1 N–H and O–H groups in total. The zero-order valence-corrected chi connectivity index (χ0v) is 13.1. The van der Waals surface area contributed by atoms with Gasteiger partial charge in [0.25, 0.3) is 0 Å².